The summed E-state index contributed by atoms with van der Waals surface area (Å²) >= 11 is 5.97. The molecule has 5 rings (SSSR count). The van der Waals surface area contributed by atoms with E-state index >= 15 is 0 Å². The maximum atomic E-state index is 14.3. The first-order valence-corrected chi connectivity index (χ1v) is 11.1. The molecule has 9 heteroatoms. The Morgan fingerprint density at radius 2 is 1.76 bits per heavy atom. The van der Waals surface area contributed by atoms with Gasteiger partial charge in [0.2, 0.25) is 17.7 Å². The number of nitrogens with zero attached hydrogens (tertiary/aromatic N) is 1. The molecule has 0 unspecified atom stereocenters. The highest BCUT2D eigenvalue weighted by Gasteiger charge is 2.72. The van der Waals surface area contributed by atoms with Gasteiger partial charge in [-0.15, -0.1) is 0 Å². The number of hydrogen-bond acceptors (Lipinski definition) is 5. The third kappa shape index (κ3) is 2.97. The lowest BCUT2D eigenvalue weighted by Gasteiger charge is -2.35. The van der Waals surface area contributed by atoms with E-state index < -0.39 is 58.6 Å². The summed E-state index contributed by atoms with van der Waals surface area (Å²) in [4.78, 5) is 41.8. The van der Waals surface area contributed by atoms with Crippen LogP contribution in [0.5, 0.6) is 0 Å². The lowest BCUT2D eigenvalue weighted by atomic mass is 9.76. The Kier molecular flexibility index (Phi) is 4.73. The molecule has 3 aliphatic heterocycles. The number of halogens is 2. The summed E-state index contributed by atoms with van der Waals surface area (Å²) in [6.45, 7) is 5.20. The summed E-state index contributed by atoms with van der Waals surface area (Å²) in [7, 11) is 0. The Bertz CT molecular complexity index is 1200. The Labute approximate surface area is 194 Å². The van der Waals surface area contributed by atoms with Gasteiger partial charge in [0.15, 0.2) is 0 Å². The highest BCUT2D eigenvalue weighted by Crippen LogP contribution is 2.55. The summed E-state index contributed by atoms with van der Waals surface area (Å²) in [5.74, 6) is -4.29. The molecule has 5 atom stereocenters. The highest BCUT2D eigenvalue weighted by atomic mass is 35.5. The van der Waals surface area contributed by atoms with Gasteiger partial charge in [-0.25, -0.2) is 4.39 Å². The Balaban J connectivity index is 1.69. The van der Waals surface area contributed by atoms with Crippen molar-refractivity contribution >= 4 is 35.0 Å². The van der Waals surface area contributed by atoms with Gasteiger partial charge in [0, 0.05) is 21.8 Å². The van der Waals surface area contributed by atoms with Crippen molar-refractivity contribution in [2.75, 3.05) is 5.32 Å². The molecule has 0 aliphatic carbocycles. The third-order valence-corrected chi connectivity index (χ3v) is 7.09. The molecule has 3 aliphatic rings. The summed E-state index contributed by atoms with van der Waals surface area (Å²) in [5.41, 5.74) is -1.43. The van der Waals surface area contributed by atoms with Crippen LogP contribution in [0.3, 0.4) is 0 Å². The van der Waals surface area contributed by atoms with Gasteiger partial charge in [0.05, 0.1) is 24.0 Å². The molecule has 0 saturated carbocycles. The van der Waals surface area contributed by atoms with E-state index in [0.717, 1.165) is 4.90 Å². The number of aliphatic hydroxyl groups is 1. The lowest BCUT2D eigenvalue weighted by Crippen LogP contribution is -2.56. The standard InChI is InChI=1S/C24H23ClFN3O4/c1-23(2,3)29-20(31)16-17(21(29)32)24(14-10-13(26)8-9-15(14)27-22(24)33)28-18(16)19(30)11-4-6-12(25)7-5-11/h4-10,16-19,28,30H,1-3H3,(H,27,33)/t16-,17-,18+,19+,24-/m0/s1. The second-order valence-electron chi connectivity index (χ2n) is 9.80. The van der Waals surface area contributed by atoms with E-state index in [4.69, 9.17) is 11.6 Å². The number of anilines is 1. The quantitative estimate of drug-likeness (QED) is 0.585. The highest BCUT2D eigenvalue weighted by molar-refractivity contribution is 6.30. The van der Waals surface area contributed by atoms with Crippen LogP contribution in [0, 0.1) is 17.7 Å². The molecule has 33 heavy (non-hydrogen) atoms. The number of benzene rings is 2. The fraction of sp³-hybridized carbons (Fsp3) is 0.375. The molecule has 2 aromatic rings. The van der Waals surface area contributed by atoms with E-state index in [-0.39, 0.29) is 5.56 Å². The maximum absolute atomic E-state index is 14.3. The zero-order chi connectivity index (χ0) is 23.9. The van der Waals surface area contributed by atoms with Crippen LogP contribution in [0.2, 0.25) is 5.02 Å². The topological polar surface area (TPSA) is 98.7 Å². The maximum Gasteiger partial charge on any atom is 0.250 e. The number of nitrogens with one attached hydrogen (secondary N) is 2. The first kappa shape index (κ1) is 22.0. The van der Waals surface area contributed by atoms with E-state index in [2.05, 4.69) is 10.6 Å². The summed E-state index contributed by atoms with van der Waals surface area (Å²) in [6, 6.07) is 9.34. The van der Waals surface area contributed by atoms with Crippen LogP contribution < -0.4 is 10.6 Å². The van der Waals surface area contributed by atoms with E-state index in [0.29, 0.717) is 16.3 Å². The van der Waals surface area contributed by atoms with Crippen LogP contribution in [0.4, 0.5) is 10.1 Å². The van der Waals surface area contributed by atoms with Crippen molar-refractivity contribution in [3.63, 3.8) is 0 Å². The van der Waals surface area contributed by atoms with Crippen LogP contribution in [0.1, 0.15) is 38.0 Å². The minimum Gasteiger partial charge on any atom is -0.387 e. The average Bonchev–Trinajstić information content (AvgIpc) is 3.33. The van der Waals surface area contributed by atoms with Gasteiger partial charge >= 0.3 is 0 Å². The zero-order valence-corrected chi connectivity index (χ0v) is 19.0. The molecule has 2 saturated heterocycles. The van der Waals surface area contributed by atoms with Crippen molar-refractivity contribution in [1.29, 1.82) is 0 Å². The first-order chi connectivity index (χ1) is 15.5. The smallest absolute Gasteiger partial charge is 0.250 e. The van der Waals surface area contributed by atoms with Crippen LogP contribution in [-0.2, 0) is 19.9 Å². The minimum absolute atomic E-state index is 0.255. The van der Waals surface area contributed by atoms with Gasteiger partial charge in [0.25, 0.3) is 0 Å². The molecule has 3 amide bonds. The largest absolute Gasteiger partial charge is 0.387 e. The van der Waals surface area contributed by atoms with Crippen LogP contribution >= 0.6 is 11.6 Å². The average molecular weight is 472 g/mol. The molecule has 2 aromatic carbocycles. The van der Waals surface area contributed by atoms with Gasteiger partial charge < -0.3 is 10.4 Å². The van der Waals surface area contributed by atoms with Crippen molar-refractivity contribution in [2.24, 2.45) is 11.8 Å². The molecule has 0 radical (unpaired) electrons. The summed E-state index contributed by atoms with van der Waals surface area (Å²) in [5, 5.41) is 17.6. The van der Waals surface area contributed by atoms with Gasteiger partial charge in [-0.05, 0) is 56.7 Å². The van der Waals surface area contributed by atoms with Gasteiger partial charge in [-0.3, -0.25) is 24.6 Å². The fourth-order valence-corrected chi connectivity index (χ4v) is 5.63. The van der Waals surface area contributed by atoms with Crippen molar-refractivity contribution in [3.8, 4) is 0 Å². The number of carbonyl (C=O) groups excluding carboxylic acids is 3. The molecule has 3 N–H and O–H groups in total. The summed E-state index contributed by atoms with van der Waals surface area (Å²) < 4.78 is 14.3. The summed E-state index contributed by atoms with van der Waals surface area (Å²) in [6.07, 6.45) is -1.23. The number of imide groups is 1. The van der Waals surface area contributed by atoms with E-state index in [1.165, 1.54) is 18.2 Å². The Morgan fingerprint density at radius 3 is 2.39 bits per heavy atom. The Hall–Kier alpha value is -2.81. The number of hydrogen-bond donors (Lipinski definition) is 3. The molecule has 2 fully saturated rings. The van der Waals surface area contributed by atoms with Gasteiger partial charge in [-0.2, -0.15) is 0 Å². The Morgan fingerprint density at radius 1 is 1.09 bits per heavy atom. The number of carbonyl (C=O) groups is 3. The minimum atomic E-state index is -1.69. The third-order valence-electron chi connectivity index (χ3n) is 6.83. The molecule has 1 spiro atoms. The van der Waals surface area contributed by atoms with E-state index in [1.54, 1.807) is 45.0 Å². The number of likely N-dealkylation sites (tertiary alicyclic amines) is 1. The SMILES string of the molecule is CC(C)(C)N1C(=O)[C@@H]2[C@H]([C@H](O)c3ccc(Cl)cc3)N[C@]3(C(=O)Nc4ccc(F)cc43)[C@@H]2C1=O. The second-order valence-corrected chi connectivity index (χ2v) is 10.2. The molecule has 0 aromatic heterocycles. The predicted molar refractivity (Wildman–Crippen MR) is 119 cm³/mol. The predicted octanol–water partition coefficient (Wildman–Crippen LogP) is 2.73. The van der Waals surface area contributed by atoms with Gasteiger partial charge in [-0.1, -0.05) is 23.7 Å². The molecule has 7 nitrogen and oxygen atoms in total. The first-order valence-electron chi connectivity index (χ1n) is 10.7. The van der Waals surface area contributed by atoms with Crippen LogP contribution in [0.15, 0.2) is 42.5 Å². The molecule has 0 bridgehead atoms. The van der Waals surface area contributed by atoms with Crippen molar-refractivity contribution in [3.05, 3.63) is 64.4 Å². The number of aliphatic hydroxyl groups excluding tert-OH is 1. The number of rotatable bonds is 2. The monoisotopic (exact) mass is 471 g/mol. The fourth-order valence-electron chi connectivity index (χ4n) is 5.50. The number of amides is 3. The van der Waals surface area contributed by atoms with Crippen molar-refractivity contribution in [1.82, 2.24) is 10.2 Å². The van der Waals surface area contributed by atoms with E-state index in [9.17, 15) is 23.9 Å². The zero-order valence-electron chi connectivity index (χ0n) is 18.2. The molecule has 172 valence electrons. The van der Waals surface area contributed by atoms with E-state index in [1.807, 2.05) is 0 Å². The molecular formula is C24H23ClFN3O4. The normalized spacial score (nSPS) is 29.5. The number of fused-ring (bicyclic) bond motifs is 4. The van der Waals surface area contributed by atoms with Gasteiger partial charge in [0.1, 0.15) is 11.4 Å². The van der Waals surface area contributed by atoms with Crippen molar-refractivity contribution in [2.45, 2.75) is 44.0 Å². The lowest BCUT2D eigenvalue weighted by molar-refractivity contribution is -0.148. The van der Waals surface area contributed by atoms with Crippen molar-refractivity contribution < 1.29 is 23.9 Å². The van der Waals surface area contributed by atoms with Crippen LogP contribution in [0.25, 0.3) is 0 Å². The van der Waals surface area contributed by atoms with Crippen LogP contribution in [-0.4, -0.2) is 39.3 Å². The second kappa shape index (κ2) is 7.09. The molecule has 3 heterocycles. The molecular weight excluding hydrogens is 449 g/mol.